The molecule has 0 bridgehead atoms. The number of para-hydroxylation sites is 1. The van der Waals surface area contributed by atoms with Crippen LogP contribution in [-0.2, 0) is 9.59 Å². The Balaban J connectivity index is 1.54. The summed E-state index contributed by atoms with van der Waals surface area (Å²) in [6, 6.07) is 7.04. The van der Waals surface area contributed by atoms with Gasteiger partial charge in [0.05, 0.1) is 18.6 Å². The van der Waals surface area contributed by atoms with Crippen molar-refractivity contribution in [2.45, 2.75) is 75.2 Å². The highest BCUT2D eigenvalue weighted by molar-refractivity contribution is 5.96. The van der Waals surface area contributed by atoms with E-state index in [1.165, 1.54) is 0 Å². The first kappa shape index (κ1) is 21.5. The number of nitrogens with zero attached hydrogens (tertiary/aromatic N) is 1. The summed E-state index contributed by atoms with van der Waals surface area (Å²) in [4.78, 5) is 28.6. The number of rotatable bonds is 6. The Morgan fingerprint density at radius 1 is 1.09 bits per heavy atom. The number of carbonyl (C=O) groups is 2. The van der Waals surface area contributed by atoms with E-state index in [9.17, 15) is 19.8 Å². The fourth-order valence-corrected chi connectivity index (χ4v) is 5.78. The van der Waals surface area contributed by atoms with Gasteiger partial charge in [-0.1, -0.05) is 37.5 Å². The molecular formula is C25H32N2O5. The number of aliphatic hydroxyl groups is 2. The van der Waals surface area contributed by atoms with Crippen LogP contribution in [-0.4, -0.2) is 64.4 Å². The second-order valence-corrected chi connectivity index (χ2v) is 9.49. The zero-order chi connectivity index (χ0) is 22.2. The molecule has 1 aliphatic heterocycles. The normalized spacial score (nSPS) is 29.4. The molecule has 2 amide bonds. The van der Waals surface area contributed by atoms with Crippen molar-refractivity contribution in [1.82, 2.24) is 10.2 Å². The lowest BCUT2D eigenvalue weighted by molar-refractivity contribution is -0.147. The summed E-state index contributed by atoms with van der Waals surface area (Å²) in [6.45, 7) is -0.00273. The van der Waals surface area contributed by atoms with Gasteiger partial charge in [-0.3, -0.25) is 9.59 Å². The van der Waals surface area contributed by atoms with Crippen molar-refractivity contribution in [3.8, 4) is 5.75 Å². The quantitative estimate of drug-likeness (QED) is 0.627. The standard InChI is InChI=1S/C25H32N2O5/c28-13-12-26-24(30)18-14-19(22(29)23-21(18)17-10-3-4-11-20(17)32-23)27(16-8-1-2-9-16)25(31)15-6-5-7-15/h3-4,10-11,14-16,19,21-23,28-29H,1-2,5-9,12-13H2,(H,26,30)/t19-,21+,22+,23+/m1/s1. The van der Waals surface area contributed by atoms with Gasteiger partial charge in [0.2, 0.25) is 11.8 Å². The fraction of sp³-hybridized carbons (Fsp3) is 0.600. The molecule has 3 N–H and O–H groups in total. The third-order valence-electron chi connectivity index (χ3n) is 7.63. The molecule has 1 aromatic rings. The molecule has 7 nitrogen and oxygen atoms in total. The SMILES string of the molecule is O=C(NCCO)C1=C[C@@H](N(C(=O)C2CCC2)C2CCCC2)[C@H](O)[C@H]2Oc3ccccc3[C@@H]12. The molecule has 1 aromatic carbocycles. The van der Waals surface area contributed by atoms with Crippen molar-refractivity contribution in [2.75, 3.05) is 13.2 Å². The van der Waals surface area contributed by atoms with E-state index in [2.05, 4.69) is 5.32 Å². The number of carbonyl (C=O) groups excluding carboxylic acids is 2. The van der Waals surface area contributed by atoms with Crippen molar-refractivity contribution >= 4 is 11.8 Å². The lowest BCUT2D eigenvalue weighted by Gasteiger charge is -2.45. The van der Waals surface area contributed by atoms with Crippen LogP contribution in [0.25, 0.3) is 0 Å². The van der Waals surface area contributed by atoms with Gasteiger partial charge in [-0.25, -0.2) is 0 Å². The van der Waals surface area contributed by atoms with Gasteiger partial charge in [0, 0.05) is 29.6 Å². The van der Waals surface area contributed by atoms with Crippen LogP contribution in [0, 0.1) is 5.92 Å². The summed E-state index contributed by atoms with van der Waals surface area (Å²) in [7, 11) is 0. The first-order valence-electron chi connectivity index (χ1n) is 12.0. The molecule has 4 aliphatic rings. The third kappa shape index (κ3) is 3.61. The molecule has 0 spiro atoms. The molecule has 1 heterocycles. The first-order chi connectivity index (χ1) is 15.6. The van der Waals surface area contributed by atoms with Crippen LogP contribution >= 0.6 is 0 Å². The molecule has 2 saturated carbocycles. The summed E-state index contributed by atoms with van der Waals surface area (Å²) < 4.78 is 6.17. The number of hydrogen-bond donors (Lipinski definition) is 3. The maximum atomic E-state index is 13.5. The highest BCUT2D eigenvalue weighted by atomic mass is 16.5. The van der Waals surface area contributed by atoms with Gasteiger partial charge in [-0.05, 0) is 37.8 Å². The van der Waals surface area contributed by atoms with Crippen molar-refractivity contribution in [3.63, 3.8) is 0 Å². The zero-order valence-electron chi connectivity index (χ0n) is 18.3. The van der Waals surface area contributed by atoms with Gasteiger partial charge in [0.1, 0.15) is 18.0 Å². The summed E-state index contributed by atoms with van der Waals surface area (Å²) in [5.41, 5.74) is 1.38. The van der Waals surface area contributed by atoms with E-state index in [0.29, 0.717) is 11.3 Å². The second kappa shape index (κ2) is 8.87. The number of aliphatic hydroxyl groups excluding tert-OH is 2. The van der Waals surface area contributed by atoms with Gasteiger partial charge < -0.3 is 25.2 Å². The van der Waals surface area contributed by atoms with Crippen molar-refractivity contribution in [1.29, 1.82) is 0 Å². The summed E-state index contributed by atoms with van der Waals surface area (Å²) >= 11 is 0. The van der Waals surface area contributed by atoms with E-state index in [0.717, 1.165) is 50.5 Å². The first-order valence-corrected chi connectivity index (χ1v) is 12.0. The molecule has 4 atom stereocenters. The predicted octanol–water partition coefficient (Wildman–Crippen LogP) is 1.88. The van der Waals surface area contributed by atoms with Crippen LogP contribution < -0.4 is 10.1 Å². The average molecular weight is 441 g/mol. The molecule has 0 unspecified atom stereocenters. The molecule has 172 valence electrons. The van der Waals surface area contributed by atoms with E-state index in [4.69, 9.17) is 4.74 Å². The van der Waals surface area contributed by atoms with Gasteiger partial charge in [-0.2, -0.15) is 0 Å². The number of fused-ring (bicyclic) bond motifs is 3. The second-order valence-electron chi connectivity index (χ2n) is 9.49. The Labute approximate surface area is 188 Å². The average Bonchev–Trinajstić information content (AvgIpc) is 3.41. The minimum absolute atomic E-state index is 0.0160. The number of amides is 2. The van der Waals surface area contributed by atoms with E-state index < -0.39 is 24.2 Å². The lowest BCUT2D eigenvalue weighted by atomic mass is 9.76. The monoisotopic (exact) mass is 440 g/mol. The zero-order valence-corrected chi connectivity index (χ0v) is 18.3. The van der Waals surface area contributed by atoms with Crippen LogP contribution in [0.3, 0.4) is 0 Å². The predicted molar refractivity (Wildman–Crippen MR) is 118 cm³/mol. The molecule has 5 rings (SSSR count). The molecule has 32 heavy (non-hydrogen) atoms. The maximum absolute atomic E-state index is 13.5. The van der Waals surface area contributed by atoms with E-state index >= 15 is 0 Å². The van der Waals surface area contributed by atoms with Gasteiger partial charge >= 0.3 is 0 Å². The Bertz CT molecular complexity index is 905. The van der Waals surface area contributed by atoms with Crippen molar-refractivity contribution in [3.05, 3.63) is 41.5 Å². The van der Waals surface area contributed by atoms with E-state index in [1.54, 1.807) is 6.08 Å². The minimum atomic E-state index is -0.925. The highest BCUT2D eigenvalue weighted by Crippen LogP contribution is 2.48. The molecule has 7 heteroatoms. The fourth-order valence-electron chi connectivity index (χ4n) is 5.78. The molecule has 2 fully saturated rings. The Morgan fingerprint density at radius 3 is 2.53 bits per heavy atom. The van der Waals surface area contributed by atoms with Crippen LogP contribution in [0.2, 0.25) is 0 Å². The molecule has 0 saturated heterocycles. The Kier molecular flexibility index (Phi) is 5.95. The van der Waals surface area contributed by atoms with Crippen molar-refractivity contribution < 1.29 is 24.5 Å². The molecular weight excluding hydrogens is 408 g/mol. The van der Waals surface area contributed by atoms with Crippen LogP contribution in [0.4, 0.5) is 0 Å². The Hall–Kier alpha value is -2.38. The molecule has 0 radical (unpaired) electrons. The van der Waals surface area contributed by atoms with E-state index in [-0.39, 0.29) is 36.9 Å². The van der Waals surface area contributed by atoms with Crippen LogP contribution in [0.5, 0.6) is 5.75 Å². The Morgan fingerprint density at radius 2 is 1.84 bits per heavy atom. The van der Waals surface area contributed by atoms with Gasteiger partial charge in [0.25, 0.3) is 0 Å². The van der Waals surface area contributed by atoms with E-state index in [1.807, 2.05) is 29.2 Å². The van der Waals surface area contributed by atoms with Crippen LogP contribution in [0.15, 0.2) is 35.9 Å². The summed E-state index contributed by atoms with van der Waals surface area (Å²) in [6.07, 6.45) is 7.11. The van der Waals surface area contributed by atoms with Crippen LogP contribution in [0.1, 0.15) is 56.4 Å². The largest absolute Gasteiger partial charge is 0.486 e. The number of hydrogen-bond acceptors (Lipinski definition) is 5. The van der Waals surface area contributed by atoms with Gasteiger partial charge in [0.15, 0.2) is 0 Å². The lowest BCUT2D eigenvalue weighted by Crippen LogP contribution is -2.59. The molecule has 0 aromatic heterocycles. The number of ether oxygens (including phenoxy) is 1. The summed E-state index contributed by atoms with van der Waals surface area (Å²) in [5.74, 6) is 0.102. The summed E-state index contributed by atoms with van der Waals surface area (Å²) in [5, 5.41) is 23.5. The van der Waals surface area contributed by atoms with Crippen molar-refractivity contribution in [2.24, 2.45) is 5.92 Å². The highest BCUT2D eigenvalue weighted by Gasteiger charge is 2.52. The number of nitrogens with one attached hydrogen (secondary N) is 1. The maximum Gasteiger partial charge on any atom is 0.247 e. The third-order valence-corrected chi connectivity index (χ3v) is 7.63. The van der Waals surface area contributed by atoms with Gasteiger partial charge in [-0.15, -0.1) is 0 Å². The minimum Gasteiger partial charge on any atom is -0.486 e. The smallest absolute Gasteiger partial charge is 0.247 e. The molecule has 3 aliphatic carbocycles. The topological polar surface area (TPSA) is 99.1 Å². The number of benzene rings is 1.